The van der Waals surface area contributed by atoms with E-state index in [0.29, 0.717) is 18.2 Å². The van der Waals surface area contributed by atoms with Crippen molar-refractivity contribution in [3.05, 3.63) is 41.9 Å². The zero-order chi connectivity index (χ0) is 13.0. The van der Waals surface area contributed by atoms with E-state index in [2.05, 4.69) is 16.9 Å². The second-order valence-electron chi connectivity index (χ2n) is 4.07. The van der Waals surface area contributed by atoms with E-state index in [9.17, 15) is 0 Å². The molecule has 0 radical (unpaired) electrons. The Kier molecular flexibility index (Phi) is 3.94. The molecule has 0 aromatic carbocycles. The summed E-state index contributed by atoms with van der Waals surface area (Å²) >= 11 is 0. The number of hydrogen-bond acceptors (Lipinski definition) is 5. The first-order valence-electron chi connectivity index (χ1n) is 5.96. The lowest BCUT2D eigenvalue weighted by Crippen LogP contribution is -2.13. The molecule has 0 bridgehead atoms. The maximum Gasteiger partial charge on any atom is 0.191 e. The van der Waals surface area contributed by atoms with Crippen LogP contribution in [0.2, 0.25) is 0 Å². The molecule has 0 amide bonds. The van der Waals surface area contributed by atoms with Crippen LogP contribution in [0.25, 0.3) is 0 Å². The molecule has 0 aliphatic rings. The summed E-state index contributed by atoms with van der Waals surface area (Å²) in [6, 6.07) is 1.54. The van der Waals surface area contributed by atoms with Gasteiger partial charge in [-0.1, -0.05) is 6.92 Å². The normalized spacial score (nSPS) is 12.4. The van der Waals surface area contributed by atoms with E-state index in [-0.39, 0.29) is 6.04 Å². The van der Waals surface area contributed by atoms with Gasteiger partial charge in [0.2, 0.25) is 0 Å². The molecule has 0 aliphatic heterocycles. The molecule has 96 valence electrons. The van der Waals surface area contributed by atoms with E-state index in [0.717, 1.165) is 17.7 Å². The number of hydrogen-bond donors (Lipinski definition) is 1. The van der Waals surface area contributed by atoms with Crippen molar-refractivity contribution in [2.45, 2.75) is 26.3 Å². The van der Waals surface area contributed by atoms with Gasteiger partial charge in [0.15, 0.2) is 5.89 Å². The van der Waals surface area contributed by atoms with Crippen molar-refractivity contribution in [3.63, 3.8) is 0 Å². The highest BCUT2D eigenvalue weighted by Gasteiger charge is 2.14. The Morgan fingerprint density at radius 3 is 2.94 bits per heavy atom. The lowest BCUT2D eigenvalue weighted by atomic mass is 10.1. The van der Waals surface area contributed by atoms with Crippen LogP contribution in [-0.4, -0.2) is 16.6 Å². The predicted molar refractivity (Wildman–Crippen MR) is 67.3 cm³/mol. The van der Waals surface area contributed by atoms with Gasteiger partial charge in [0.1, 0.15) is 17.7 Å². The summed E-state index contributed by atoms with van der Waals surface area (Å²) in [7, 11) is 0. The number of nitrogens with two attached hydrogens (primary N) is 1. The molecule has 5 nitrogen and oxygen atoms in total. The molecule has 5 heteroatoms. The molecule has 0 fully saturated rings. The van der Waals surface area contributed by atoms with E-state index in [1.165, 1.54) is 0 Å². The number of aromatic nitrogens is 2. The monoisotopic (exact) mass is 247 g/mol. The number of rotatable bonds is 5. The van der Waals surface area contributed by atoms with E-state index in [1.807, 2.05) is 6.07 Å². The van der Waals surface area contributed by atoms with Gasteiger partial charge in [-0.3, -0.25) is 4.98 Å². The molecule has 0 saturated carbocycles. The molecule has 2 rings (SSSR count). The number of pyridine rings is 1. The first kappa shape index (κ1) is 12.6. The van der Waals surface area contributed by atoms with E-state index < -0.39 is 0 Å². The van der Waals surface area contributed by atoms with Crippen LogP contribution in [-0.2, 0) is 0 Å². The number of aryl methyl sites for hydroxylation is 1. The van der Waals surface area contributed by atoms with E-state index in [4.69, 9.17) is 14.9 Å². The van der Waals surface area contributed by atoms with E-state index >= 15 is 0 Å². The Bertz CT molecular complexity index is 510. The van der Waals surface area contributed by atoms with Crippen molar-refractivity contribution in [1.82, 2.24) is 9.97 Å². The average molecular weight is 247 g/mol. The van der Waals surface area contributed by atoms with Crippen molar-refractivity contribution in [3.8, 4) is 5.75 Å². The number of oxazole rings is 1. The minimum absolute atomic E-state index is 0.347. The second-order valence-corrected chi connectivity index (χ2v) is 4.07. The molecule has 0 spiro atoms. The summed E-state index contributed by atoms with van der Waals surface area (Å²) < 4.78 is 10.7. The quantitative estimate of drug-likeness (QED) is 0.876. The maximum atomic E-state index is 6.11. The van der Waals surface area contributed by atoms with Crippen molar-refractivity contribution >= 4 is 0 Å². The van der Waals surface area contributed by atoms with Gasteiger partial charge in [0.05, 0.1) is 18.8 Å². The van der Waals surface area contributed by atoms with Gasteiger partial charge in [-0.2, -0.15) is 0 Å². The summed E-state index contributed by atoms with van der Waals surface area (Å²) in [5, 5.41) is 0. The van der Waals surface area contributed by atoms with Gasteiger partial charge in [0.25, 0.3) is 0 Å². The summed E-state index contributed by atoms with van der Waals surface area (Å²) in [6.07, 6.45) is 5.92. The lowest BCUT2D eigenvalue weighted by Gasteiger charge is -2.10. The SMILES string of the molecule is CCCOc1cncc(C(N)c2coc(C)n2)c1. The standard InChI is InChI=1S/C13H17N3O2/c1-3-4-17-11-5-10(6-15-7-11)13(14)12-8-18-9(2)16-12/h5-8,13H,3-4,14H2,1-2H3. The van der Waals surface area contributed by atoms with Crippen LogP contribution in [0.5, 0.6) is 5.75 Å². The van der Waals surface area contributed by atoms with Crippen LogP contribution >= 0.6 is 0 Å². The Balaban J connectivity index is 2.17. The van der Waals surface area contributed by atoms with Gasteiger partial charge in [-0.15, -0.1) is 0 Å². The second kappa shape index (κ2) is 5.64. The molecule has 0 saturated heterocycles. The summed E-state index contributed by atoms with van der Waals surface area (Å²) in [5.74, 6) is 1.33. The van der Waals surface area contributed by atoms with Crippen LogP contribution in [0.1, 0.15) is 36.5 Å². The molecule has 0 aliphatic carbocycles. The summed E-state index contributed by atoms with van der Waals surface area (Å²) in [4.78, 5) is 8.35. The highest BCUT2D eigenvalue weighted by Crippen LogP contribution is 2.21. The fraction of sp³-hybridized carbons (Fsp3) is 0.385. The van der Waals surface area contributed by atoms with E-state index in [1.54, 1.807) is 25.6 Å². The topological polar surface area (TPSA) is 74.2 Å². The molecule has 1 unspecified atom stereocenters. The van der Waals surface area contributed by atoms with Crippen LogP contribution in [0.15, 0.2) is 29.1 Å². The van der Waals surface area contributed by atoms with Crippen molar-refractivity contribution in [2.24, 2.45) is 5.73 Å². The van der Waals surface area contributed by atoms with Crippen LogP contribution in [0.3, 0.4) is 0 Å². The van der Waals surface area contributed by atoms with Crippen molar-refractivity contribution in [1.29, 1.82) is 0 Å². The van der Waals surface area contributed by atoms with Crippen molar-refractivity contribution < 1.29 is 9.15 Å². The zero-order valence-corrected chi connectivity index (χ0v) is 10.6. The Morgan fingerprint density at radius 1 is 1.44 bits per heavy atom. The smallest absolute Gasteiger partial charge is 0.191 e. The Labute approximate surface area is 106 Å². The third-order valence-electron chi connectivity index (χ3n) is 2.52. The fourth-order valence-corrected chi connectivity index (χ4v) is 1.60. The van der Waals surface area contributed by atoms with Crippen LogP contribution in [0.4, 0.5) is 0 Å². The minimum Gasteiger partial charge on any atom is -0.492 e. The first-order valence-corrected chi connectivity index (χ1v) is 5.96. The van der Waals surface area contributed by atoms with Gasteiger partial charge in [0, 0.05) is 13.1 Å². The molecule has 2 aromatic rings. The minimum atomic E-state index is -0.347. The van der Waals surface area contributed by atoms with Gasteiger partial charge < -0.3 is 14.9 Å². The highest BCUT2D eigenvalue weighted by molar-refractivity contribution is 5.30. The number of ether oxygens (including phenoxy) is 1. The predicted octanol–water partition coefficient (Wildman–Crippen LogP) is 2.21. The number of nitrogens with zero attached hydrogens (tertiary/aromatic N) is 2. The van der Waals surface area contributed by atoms with Crippen molar-refractivity contribution in [2.75, 3.05) is 6.61 Å². The molecule has 2 N–H and O–H groups in total. The average Bonchev–Trinajstić information content (AvgIpc) is 2.82. The summed E-state index contributed by atoms with van der Waals surface area (Å²) in [5.41, 5.74) is 7.66. The Morgan fingerprint density at radius 2 is 2.28 bits per heavy atom. The highest BCUT2D eigenvalue weighted by atomic mass is 16.5. The molecular weight excluding hydrogens is 230 g/mol. The third kappa shape index (κ3) is 2.87. The molecule has 2 aromatic heterocycles. The largest absolute Gasteiger partial charge is 0.492 e. The molecule has 18 heavy (non-hydrogen) atoms. The van der Waals surface area contributed by atoms with Crippen LogP contribution < -0.4 is 10.5 Å². The first-order chi connectivity index (χ1) is 8.70. The fourth-order valence-electron chi connectivity index (χ4n) is 1.60. The molecule has 2 heterocycles. The Hall–Kier alpha value is -1.88. The third-order valence-corrected chi connectivity index (χ3v) is 2.52. The maximum absolute atomic E-state index is 6.11. The zero-order valence-electron chi connectivity index (χ0n) is 10.6. The van der Waals surface area contributed by atoms with Gasteiger partial charge >= 0.3 is 0 Å². The van der Waals surface area contributed by atoms with Gasteiger partial charge in [-0.25, -0.2) is 4.98 Å². The summed E-state index contributed by atoms with van der Waals surface area (Å²) in [6.45, 7) is 4.51. The molecule has 1 atom stereocenters. The van der Waals surface area contributed by atoms with Crippen LogP contribution in [0, 0.1) is 6.92 Å². The molecular formula is C13H17N3O2. The lowest BCUT2D eigenvalue weighted by molar-refractivity contribution is 0.315. The van der Waals surface area contributed by atoms with Gasteiger partial charge in [-0.05, 0) is 18.1 Å².